The summed E-state index contributed by atoms with van der Waals surface area (Å²) in [6.07, 6.45) is 5.58. The molecule has 0 aromatic heterocycles. The quantitative estimate of drug-likeness (QED) is 0.216. The zero-order chi connectivity index (χ0) is 35.1. The van der Waals surface area contributed by atoms with Crippen LogP contribution < -0.4 is 0 Å². The van der Waals surface area contributed by atoms with E-state index in [4.69, 9.17) is 14.2 Å². The number of aliphatic hydroxyl groups excluding tert-OH is 4. The molecule has 0 saturated carbocycles. The second-order valence-corrected chi connectivity index (χ2v) is 15.1. The van der Waals surface area contributed by atoms with Gasteiger partial charge < -0.3 is 39.7 Å². The van der Waals surface area contributed by atoms with Crippen molar-refractivity contribution in [2.24, 2.45) is 29.6 Å². The predicted octanol–water partition coefficient (Wildman–Crippen LogP) is 4.38. The van der Waals surface area contributed by atoms with Gasteiger partial charge >= 0.3 is 5.97 Å². The van der Waals surface area contributed by atoms with Crippen molar-refractivity contribution < 1.29 is 49.3 Å². The number of ketones is 1. The number of rotatable bonds is 3. The fourth-order valence-electron chi connectivity index (χ4n) is 7.05. The highest BCUT2D eigenvalue weighted by Crippen LogP contribution is 2.45. The van der Waals surface area contributed by atoms with Gasteiger partial charge in [0.15, 0.2) is 5.79 Å². The monoisotopic (exact) mass is 666 g/mol. The largest absolute Gasteiger partial charge is 0.459 e. The Bertz CT molecular complexity index is 1070. The first-order valence-electron chi connectivity index (χ1n) is 17.9. The summed E-state index contributed by atoms with van der Waals surface area (Å²) in [5.74, 6) is -3.31. The lowest BCUT2D eigenvalue weighted by Gasteiger charge is -2.51. The van der Waals surface area contributed by atoms with Crippen LogP contribution in [-0.4, -0.2) is 91.4 Å². The molecule has 2 fully saturated rings. The van der Waals surface area contributed by atoms with E-state index in [2.05, 4.69) is 6.92 Å². The van der Waals surface area contributed by atoms with Gasteiger partial charge in [-0.1, -0.05) is 59.8 Å². The summed E-state index contributed by atoms with van der Waals surface area (Å²) >= 11 is 0. The van der Waals surface area contributed by atoms with Crippen molar-refractivity contribution in [2.45, 2.75) is 167 Å². The Hall–Kier alpha value is -1.66. The summed E-state index contributed by atoms with van der Waals surface area (Å²) < 4.78 is 19.3. The van der Waals surface area contributed by atoms with Crippen LogP contribution >= 0.6 is 0 Å². The number of carbonyl (C=O) groups excluding carboxylic acids is 2. The molecule has 0 aliphatic carbocycles. The zero-order valence-corrected chi connectivity index (χ0v) is 29.6. The summed E-state index contributed by atoms with van der Waals surface area (Å²) in [6, 6.07) is 0. The van der Waals surface area contributed by atoms with Crippen molar-refractivity contribution >= 4 is 11.8 Å². The Labute approximate surface area is 281 Å². The van der Waals surface area contributed by atoms with Crippen LogP contribution in [0.5, 0.6) is 0 Å². The maximum absolute atomic E-state index is 13.5. The standard InChI is InChI=1S/C37H62O10/c1-8-27(38)18-30-23(3)15-17-37(46-30)21-32-26(6)31(47-37)19-28(39)22(2)12-10-9-11-16-36(7,44)33(41)20-29(40)25(5)35(43)24(4)13-14-34(42)45-32/h10,12-14,22-27,29-33,35,38,40-41,43-44H,8-9,11,15-21H2,1-7H3/b12-10+,14-13+/t22-,23?,24-,25+,26?,27+,29-,30?,31?,32?,33+,35+,36+,37?/m0/s1. The minimum Gasteiger partial charge on any atom is -0.459 e. The van der Waals surface area contributed by atoms with Gasteiger partial charge in [0.2, 0.25) is 0 Å². The molecule has 6 unspecified atom stereocenters. The smallest absolute Gasteiger partial charge is 0.330 e. The van der Waals surface area contributed by atoms with Gasteiger partial charge in [-0.2, -0.15) is 0 Å². The fraction of sp³-hybridized carbons (Fsp3) is 0.838. The summed E-state index contributed by atoms with van der Waals surface area (Å²) in [6.45, 7) is 12.7. The van der Waals surface area contributed by atoms with Crippen LogP contribution in [0.4, 0.5) is 0 Å². The van der Waals surface area contributed by atoms with Crippen molar-refractivity contribution in [3.05, 3.63) is 24.3 Å². The normalized spacial score (nSPS) is 45.7. The first-order valence-corrected chi connectivity index (χ1v) is 17.9. The number of allylic oxidation sites excluding steroid dienone is 2. The Morgan fingerprint density at radius 1 is 0.979 bits per heavy atom. The molecule has 14 atom stereocenters. The number of ether oxygens (including phenoxy) is 3. The third kappa shape index (κ3) is 10.9. The highest BCUT2D eigenvalue weighted by molar-refractivity contribution is 5.83. The Morgan fingerprint density at radius 2 is 1.68 bits per heavy atom. The third-order valence-electron chi connectivity index (χ3n) is 11.1. The number of fused-ring (bicyclic) bond motifs is 2. The molecular weight excluding hydrogens is 604 g/mol. The van der Waals surface area contributed by atoms with Crippen LogP contribution in [0.15, 0.2) is 24.3 Å². The molecule has 3 aliphatic heterocycles. The molecule has 47 heavy (non-hydrogen) atoms. The SMILES string of the molecule is CC[C@@H](O)CC1OC2(CCC1C)CC1OC(=O)/C=C/[C@H](C)[C@@H](O)[C@H](C)[C@@H](O)C[C@@H](O)[C@](C)(O)CCC/C=C/[C@H](C)C(=O)CC(O2)C1C. The molecule has 10 heteroatoms. The number of hydrogen-bond donors (Lipinski definition) is 5. The van der Waals surface area contributed by atoms with E-state index in [0.717, 1.165) is 6.42 Å². The molecule has 0 aromatic carbocycles. The van der Waals surface area contributed by atoms with Crippen LogP contribution in [0.2, 0.25) is 0 Å². The molecule has 3 aliphatic rings. The Kier molecular flexibility index (Phi) is 14.7. The predicted molar refractivity (Wildman–Crippen MR) is 178 cm³/mol. The summed E-state index contributed by atoms with van der Waals surface area (Å²) in [7, 11) is 0. The molecule has 0 amide bonds. The van der Waals surface area contributed by atoms with Crippen LogP contribution in [0.3, 0.4) is 0 Å². The molecule has 0 radical (unpaired) electrons. The topological polar surface area (TPSA) is 163 Å². The molecule has 5 N–H and O–H groups in total. The molecule has 3 rings (SSSR count). The molecular formula is C37H62O10. The first-order chi connectivity index (χ1) is 22.0. The van der Waals surface area contributed by atoms with Crippen molar-refractivity contribution in [3.8, 4) is 0 Å². The molecule has 1 spiro atoms. The molecule has 3 heterocycles. The van der Waals surface area contributed by atoms with Gasteiger partial charge in [-0.05, 0) is 51.4 Å². The second kappa shape index (κ2) is 17.3. The Morgan fingerprint density at radius 3 is 2.36 bits per heavy atom. The van der Waals surface area contributed by atoms with Crippen molar-refractivity contribution in [1.29, 1.82) is 0 Å². The van der Waals surface area contributed by atoms with E-state index in [0.29, 0.717) is 38.5 Å². The molecule has 0 aromatic rings. The van der Waals surface area contributed by atoms with E-state index < -0.39 is 65.8 Å². The lowest BCUT2D eigenvalue weighted by atomic mass is 9.80. The maximum atomic E-state index is 13.5. The van der Waals surface area contributed by atoms with E-state index in [1.54, 1.807) is 19.9 Å². The van der Waals surface area contributed by atoms with Crippen molar-refractivity contribution in [2.75, 3.05) is 0 Å². The van der Waals surface area contributed by atoms with Crippen LogP contribution in [0, 0.1) is 29.6 Å². The van der Waals surface area contributed by atoms with E-state index >= 15 is 0 Å². The van der Waals surface area contributed by atoms with E-state index in [1.807, 2.05) is 32.9 Å². The van der Waals surface area contributed by atoms with Gasteiger partial charge in [-0.25, -0.2) is 4.79 Å². The van der Waals surface area contributed by atoms with Gasteiger partial charge in [0.05, 0.1) is 42.2 Å². The minimum absolute atomic E-state index is 0.0160. The number of aliphatic hydroxyl groups is 5. The van der Waals surface area contributed by atoms with Crippen molar-refractivity contribution in [1.82, 2.24) is 0 Å². The highest BCUT2D eigenvalue weighted by Gasteiger charge is 2.52. The fourth-order valence-corrected chi connectivity index (χ4v) is 7.05. The molecule has 10 nitrogen and oxygen atoms in total. The molecule has 2 saturated heterocycles. The van der Waals surface area contributed by atoms with Crippen molar-refractivity contribution in [3.63, 3.8) is 0 Å². The summed E-state index contributed by atoms with van der Waals surface area (Å²) in [5.41, 5.74) is -1.44. The summed E-state index contributed by atoms with van der Waals surface area (Å²) in [4.78, 5) is 26.7. The molecule has 270 valence electrons. The Balaban J connectivity index is 1.89. The van der Waals surface area contributed by atoms with E-state index in [9.17, 15) is 35.1 Å². The number of hydrogen-bond acceptors (Lipinski definition) is 10. The lowest BCUT2D eigenvalue weighted by molar-refractivity contribution is -0.346. The van der Waals surface area contributed by atoms with Gasteiger partial charge in [-0.15, -0.1) is 0 Å². The van der Waals surface area contributed by atoms with Gasteiger partial charge in [0, 0.05) is 55.4 Å². The second-order valence-electron chi connectivity index (χ2n) is 15.1. The molecule has 2 bridgehead atoms. The number of Topliss-reactive ketones (excluding diaryl/α,β-unsaturated/α-hetero) is 1. The van der Waals surface area contributed by atoms with Gasteiger partial charge in [-0.3, -0.25) is 4.79 Å². The zero-order valence-electron chi connectivity index (χ0n) is 29.6. The summed E-state index contributed by atoms with van der Waals surface area (Å²) in [5, 5.41) is 53.8. The maximum Gasteiger partial charge on any atom is 0.330 e. The minimum atomic E-state index is -1.44. The van der Waals surface area contributed by atoms with Gasteiger partial charge in [0.25, 0.3) is 0 Å². The van der Waals surface area contributed by atoms with E-state index in [1.165, 1.54) is 13.0 Å². The average molecular weight is 667 g/mol. The van der Waals surface area contributed by atoms with E-state index in [-0.39, 0.29) is 48.9 Å². The highest BCUT2D eigenvalue weighted by atomic mass is 16.7. The number of carbonyl (C=O) groups is 2. The third-order valence-corrected chi connectivity index (χ3v) is 11.1. The number of esters is 1. The van der Waals surface area contributed by atoms with Crippen LogP contribution in [-0.2, 0) is 23.8 Å². The first kappa shape index (κ1) is 39.8. The van der Waals surface area contributed by atoms with Gasteiger partial charge in [0.1, 0.15) is 11.9 Å². The van der Waals surface area contributed by atoms with Crippen LogP contribution in [0.1, 0.15) is 113 Å². The average Bonchev–Trinajstić information content (AvgIpc) is 3.02. The lowest BCUT2D eigenvalue weighted by Crippen LogP contribution is -2.57. The van der Waals surface area contributed by atoms with Crippen LogP contribution in [0.25, 0.3) is 0 Å².